The third kappa shape index (κ3) is 1.42. The average Bonchev–Trinajstić information content (AvgIpc) is 2.17. The molecule has 0 atom stereocenters. The number of fused-ring (bicyclic) bond motifs is 1. The van der Waals surface area contributed by atoms with Crippen molar-refractivity contribution in [3.05, 3.63) is 41.5 Å². The van der Waals surface area contributed by atoms with Crippen LogP contribution in [0.3, 0.4) is 0 Å². The van der Waals surface area contributed by atoms with E-state index in [1.54, 1.807) is 13.0 Å². The first kappa shape index (κ1) is 9.52. The Labute approximate surface area is 87.1 Å². The van der Waals surface area contributed by atoms with Gasteiger partial charge in [-0.25, -0.2) is 4.79 Å². The first-order valence-electron chi connectivity index (χ1n) is 4.62. The first-order valence-corrected chi connectivity index (χ1v) is 4.62. The third-order valence-corrected chi connectivity index (χ3v) is 2.55. The third-order valence-electron chi connectivity index (χ3n) is 2.55. The molecule has 0 aromatic heterocycles. The van der Waals surface area contributed by atoms with Crippen LogP contribution in [0.15, 0.2) is 30.3 Å². The number of carboxylic acid groups (broad SMARTS) is 1. The normalized spacial score (nSPS) is 10.5. The Bertz CT molecular complexity index is 547. The minimum absolute atomic E-state index is 0.203. The number of aromatic carboxylic acids is 1. The molecular weight excluding hydrogens is 190 g/mol. The zero-order valence-corrected chi connectivity index (χ0v) is 8.32. The van der Waals surface area contributed by atoms with Gasteiger partial charge in [0.2, 0.25) is 0 Å². The van der Waals surface area contributed by atoms with Gasteiger partial charge >= 0.3 is 5.97 Å². The predicted octanol–water partition coefficient (Wildman–Crippen LogP) is 2.43. The van der Waals surface area contributed by atoms with Gasteiger partial charge in [-0.1, -0.05) is 24.3 Å². The lowest BCUT2D eigenvalue weighted by molar-refractivity contribution is 0.0697. The minimum atomic E-state index is -0.976. The summed E-state index contributed by atoms with van der Waals surface area (Å²) in [5.74, 6) is -0.976. The monoisotopic (exact) mass is 201 g/mol. The lowest BCUT2D eigenvalue weighted by Gasteiger charge is -2.08. The highest BCUT2D eigenvalue weighted by Gasteiger charge is 2.13. The van der Waals surface area contributed by atoms with E-state index in [-0.39, 0.29) is 5.56 Å². The highest BCUT2D eigenvalue weighted by molar-refractivity contribution is 6.03. The van der Waals surface area contributed by atoms with Gasteiger partial charge in [0.05, 0.1) is 5.56 Å². The molecule has 0 radical (unpaired) electrons. The summed E-state index contributed by atoms with van der Waals surface area (Å²) in [5, 5.41) is 10.9. The molecule has 2 aromatic carbocycles. The molecule has 0 heterocycles. The van der Waals surface area contributed by atoms with Crippen molar-refractivity contribution in [3.63, 3.8) is 0 Å². The van der Waals surface area contributed by atoms with Gasteiger partial charge in [0, 0.05) is 5.69 Å². The molecule has 76 valence electrons. The largest absolute Gasteiger partial charge is 0.478 e. The van der Waals surface area contributed by atoms with Crippen LogP contribution in [-0.4, -0.2) is 11.1 Å². The van der Waals surface area contributed by atoms with Crippen LogP contribution in [0, 0.1) is 6.92 Å². The van der Waals surface area contributed by atoms with E-state index < -0.39 is 5.97 Å². The smallest absolute Gasteiger partial charge is 0.338 e. The van der Waals surface area contributed by atoms with Gasteiger partial charge in [0.25, 0.3) is 0 Å². The number of aryl methyl sites for hydroxylation is 1. The van der Waals surface area contributed by atoms with Crippen LogP contribution in [0.4, 0.5) is 5.69 Å². The molecule has 0 unspecified atom stereocenters. The molecular formula is C12H11NO2. The molecule has 0 saturated carbocycles. The van der Waals surface area contributed by atoms with E-state index in [2.05, 4.69) is 0 Å². The summed E-state index contributed by atoms with van der Waals surface area (Å²) >= 11 is 0. The van der Waals surface area contributed by atoms with E-state index in [1.807, 2.05) is 24.3 Å². The van der Waals surface area contributed by atoms with Crippen LogP contribution in [0.1, 0.15) is 15.9 Å². The van der Waals surface area contributed by atoms with E-state index in [0.29, 0.717) is 5.69 Å². The molecule has 2 aromatic rings. The quantitative estimate of drug-likeness (QED) is 0.696. The van der Waals surface area contributed by atoms with E-state index in [4.69, 9.17) is 10.8 Å². The zero-order valence-electron chi connectivity index (χ0n) is 8.32. The number of hydrogen-bond donors (Lipinski definition) is 2. The molecule has 0 aliphatic heterocycles. The van der Waals surface area contributed by atoms with Gasteiger partial charge in [-0.3, -0.25) is 0 Å². The number of benzene rings is 2. The molecule has 3 heteroatoms. The highest BCUT2D eigenvalue weighted by atomic mass is 16.4. The van der Waals surface area contributed by atoms with Crippen LogP contribution in [0.25, 0.3) is 10.8 Å². The molecule has 0 spiro atoms. The number of anilines is 1. The second-order valence-corrected chi connectivity index (χ2v) is 3.49. The van der Waals surface area contributed by atoms with Crippen molar-refractivity contribution in [1.82, 2.24) is 0 Å². The fourth-order valence-electron chi connectivity index (χ4n) is 1.84. The SMILES string of the molecule is Cc1c(C(=O)O)c(N)cc2ccccc12. The highest BCUT2D eigenvalue weighted by Crippen LogP contribution is 2.26. The van der Waals surface area contributed by atoms with E-state index >= 15 is 0 Å². The molecule has 2 rings (SSSR count). The van der Waals surface area contributed by atoms with Crippen molar-refractivity contribution in [2.24, 2.45) is 0 Å². The summed E-state index contributed by atoms with van der Waals surface area (Å²) in [4.78, 5) is 11.0. The molecule has 0 fully saturated rings. The van der Waals surface area contributed by atoms with Crippen molar-refractivity contribution in [1.29, 1.82) is 0 Å². The summed E-state index contributed by atoms with van der Waals surface area (Å²) in [5.41, 5.74) is 6.95. The summed E-state index contributed by atoms with van der Waals surface area (Å²) < 4.78 is 0. The first-order chi connectivity index (χ1) is 7.11. The molecule has 0 amide bonds. The van der Waals surface area contributed by atoms with Crippen LogP contribution < -0.4 is 5.73 Å². The summed E-state index contributed by atoms with van der Waals surface area (Å²) in [6.45, 7) is 1.78. The molecule has 3 N–H and O–H groups in total. The van der Waals surface area contributed by atoms with Gasteiger partial charge in [0.15, 0.2) is 0 Å². The van der Waals surface area contributed by atoms with Crippen LogP contribution in [0.5, 0.6) is 0 Å². The second kappa shape index (κ2) is 3.28. The van der Waals surface area contributed by atoms with Gasteiger partial charge in [-0.2, -0.15) is 0 Å². The molecule has 0 saturated heterocycles. The molecule has 3 nitrogen and oxygen atoms in total. The van der Waals surface area contributed by atoms with E-state index in [9.17, 15) is 4.79 Å². The van der Waals surface area contributed by atoms with E-state index in [0.717, 1.165) is 16.3 Å². The topological polar surface area (TPSA) is 63.3 Å². The fraction of sp³-hybridized carbons (Fsp3) is 0.0833. The number of hydrogen-bond acceptors (Lipinski definition) is 2. The molecule has 0 aliphatic carbocycles. The number of carbonyl (C=O) groups is 1. The van der Waals surface area contributed by atoms with Crippen molar-refractivity contribution >= 4 is 22.4 Å². The maximum Gasteiger partial charge on any atom is 0.338 e. The average molecular weight is 201 g/mol. The van der Waals surface area contributed by atoms with Crippen molar-refractivity contribution in [3.8, 4) is 0 Å². The lowest BCUT2D eigenvalue weighted by Crippen LogP contribution is -2.05. The summed E-state index contributed by atoms with van der Waals surface area (Å²) in [7, 11) is 0. The Balaban J connectivity index is 2.90. The Morgan fingerprint density at radius 2 is 2.00 bits per heavy atom. The van der Waals surface area contributed by atoms with Gasteiger partial charge in [0.1, 0.15) is 0 Å². The summed E-state index contributed by atoms with van der Waals surface area (Å²) in [6, 6.07) is 9.31. The van der Waals surface area contributed by atoms with Crippen LogP contribution >= 0.6 is 0 Å². The predicted molar refractivity (Wildman–Crippen MR) is 60.1 cm³/mol. The van der Waals surface area contributed by atoms with Crippen LogP contribution in [-0.2, 0) is 0 Å². The number of carboxylic acids is 1. The number of rotatable bonds is 1. The van der Waals surface area contributed by atoms with Crippen molar-refractivity contribution in [2.45, 2.75) is 6.92 Å². The lowest BCUT2D eigenvalue weighted by atomic mass is 9.98. The van der Waals surface area contributed by atoms with Crippen molar-refractivity contribution in [2.75, 3.05) is 5.73 Å². The van der Waals surface area contributed by atoms with Gasteiger partial charge < -0.3 is 10.8 Å². The maximum absolute atomic E-state index is 11.0. The van der Waals surface area contributed by atoms with Crippen LogP contribution in [0.2, 0.25) is 0 Å². The van der Waals surface area contributed by atoms with Gasteiger partial charge in [-0.15, -0.1) is 0 Å². The Morgan fingerprint density at radius 1 is 1.33 bits per heavy atom. The van der Waals surface area contributed by atoms with Gasteiger partial charge in [-0.05, 0) is 29.3 Å². The molecule has 15 heavy (non-hydrogen) atoms. The summed E-state index contributed by atoms with van der Waals surface area (Å²) in [6.07, 6.45) is 0. The van der Waals surface area contributed by atoms with E-state index in [1.165, 1.54) is 0 Å². The maximum atomic E-state index is 11.0. The Kier molecular flexibility index (Phi) is 2.08. The number of nitrogen functional groups attached to an aromatic ring is 1. The molecule has 0 bridgehead atoms. The molecule has 0 aliphatic rings. The Hall–Kier alpha value is -2.03. The minimum Gasteiger partial charge on any atom is -0.478 e. The fourth-order valence-corrected chi connectivity index (χ4v) is 1.84. The Morgan fingerprint density at radius 3 is 2.67 bits per heavy atom. The zero-order chi connectivity index (χ0) is 11.0. The second-order valence-electron chi connectivity index (χ2n) is 3.49. The standard InChI is InChI=1S/C12H11NO2/c1-7-9-5-3-2-4-8(9)6-10(13)11(7)12(14)15/h2-6H,13H2,1H3,(H,14,15). The number of nitrogens with two attached hydrogens (primary N) is 1. The van der Waals surface area contributed by atoms with Crippen molar-refractivity contribution < 1.29 is 9.90 Å².